The molecule has 1 aromatic carbocycles. The van der Waals surface area contributed by atoms with Crippen molar-refractivity contribution in [2.45, 2.75) is 38.6 Å². The third-order valence-corrected chi connectivity index (χ3v) is 3.65. The number of benzene rings is 1. The first kappa shape index (κ1) is 16.1. The molecule has 0 aliphatic carbocycles. The first-order chi connectivity index (χ1) is 10.4. The van der Waals surface area contributed by atoms with E-state index in [0.717, 1.165) is 31.1 Å². The zero-order chi connectivity index (χ0) is 14.8. The smallest absolute Gasteiger partial charge is 0.119 e. The molecule has 1 N–H and O–H groups in total. The monoisotopic (exact) mass is 293 g/mol. The van der Waals surface area contributed by atoms with Gasteiger partial charge in [0.25, 0.3) is 0 Å². The highest BCUT2D eigenvalue weighted by molar-refractivity contribution is 5.31. The van der Waals surface area contributed by atoms with Crippen molar-refractivity contribution in [3.05, 3.63) is 24.3 Å². The van der Waals surface area contributed by atoms with E-state index in [-0.39, 0.29) is 0 Å². The van der Waals surface area contributed by atoms with Crippen LogP contribution in [0.2, 0.25) is 0 Å². The normalized spacial score (nSPS) is 18.4. The van der Waals surface area contributed by atoms with Gasteiger partial charge in [0, 0.05) is 12.6 Å². The molecule has 1 aromatic rings. The van der Waals surface area contributed by atoms with Crippen molar-refractivity contribution in [1.82, 2.24) is 5.32 Å². The van der Waals surface area contributed by atoms with Gasteiger partial charge in [-0.05, 0) is 57.0 Å². The summed E-state index contributed by atoms with van der Waals surface area (Å²) in [5.74, 6) is 1.73. The highest BCUT2D eigenvalue weighted by Crippen LogP contribution is 2.17. The van der Waals surface area contributed by atoms with E-state index < -0.39 is 0 Å². The van der Waals surface area contributed by atoms with E-state index in [2.05, 4.69) is 5.32 Å². The van der Waals surface area contributed by atoms with Gasteiger partial charge in [-0.25, -0.2) is 0 Å². The Morgan fingerprint density at radius 3 is 2.43 bits per heavy atom. The number of ether oxygens (including phenoxy) is 3. The minimum absolute atomic E-state index is 0.589. The fourth-order valence-electron chi connectivity index (χ4n) is 2.52. The zero-order valence-corrected chi connectivity index (χ0v) is 13.0. The van der Waals surface area contributed by atoms with Gasteiger partial charge in [-0.15, -0.1) is 0 Å². The van der Waals surface area contributed by atoms with Gasteiger partial charge in [0.15, 0.2) is 0 Å². The largest absolute Gasteiger partial charge is 0.494 e. The number of hydrogen-bond acceptors (Lipinski definition) is 4. The number of piperidine rings is 1. The summed E-state index contributed by atoms with van der Waals surface area (Å²) in [6.45, 7) is 5.86. The summed E-state index contributed by atoms with van der Waals surface area (Å²) in [6.07, 6.45) is 5.04. The second-order valence-corrected chi connectivity index (χ2v) is 5.30. The van der Waals surface area contributed by atoms with Crippen LogP contribution in [-0.4, -0.2) is 39.0 Å². The fourth-order valence-corrected chi connectivity index (χ4v) is 2.52. The molecule has 1 atom stereocenters. The number of hydrogen-bond donors (Lipinski definition) is 1. The van der Waals surface area contributed by atoms with Gasteiger partial charge in [0.1, 0.15) is 18.1 Å². The molecular formula is C17H27NO3. The molecule has 0 amide bonds. The highest BCUT2D eigenvalue weighted by atomic mass is 16.5. The third kappa shape index (κ3) is 6.36. The standard InChI is InChI=1S/C17H27NO3/c1-2-20-16-6-8-17(9-7-16)21-14-13-19-12-10-15-5-3-4-11-18-15/h6-9,15,18H,2-5,10-14H2,1H3. The lowest BCUT2D eigenvalue weighted by Gasteiger charge is -2.23. The number of rotatable bonds is 9. The zero-order valence-electron chi connectivity index (χ0n) is 13.0. The Labute approximate surface area is 127 Å². The van der Waals surface area contributed by atoms with Crippen LogP contribution in [-0.2, 0) is 4.74 Å². The van der Waals surface area contributed by atoms with Crippen molar-refractivity contribution < 1.29 is 14.2 Å². The quantitative estimate of drug-likeness (QED) is 0.711. The molecule has 2 rings (SSSR count). The van der Waals surface area contributed by atoms with E-state index in [9.17, 15) is 0 Å². The number of nitrogens with one attached hydrogen (secondary N) is 1. The van der Waals surface area contributed by atoms with Crippen LogP contribution in [0.15, 0.2) is 24.3 Å². The maximum absolute atomic E-state index is 5.64. The van der Waals surface area contributed by atoms with Crippen LogP contribution < -0.4 is 14.8 Å². The lowest BCUT2D eigenvalue weighted by atomic mass is 10.0. The molecule has 118 valence electrons. The van der Waals surface area contributed by atoms with Gasteiger partial charge in [-0.2, -0.15) is 0 Å². The maximum Gasteiger partial charge on any atom is 0.119 e. The first-order valence-electron chi connectivity index (χ1n) is 8.05. The molecule has 1 aliphatic heterocycles. The Balaban J connectivity index is 1.51. The molecule has 1 saturated heterocycles. The van der Waals surface area contributed by atoms with Crippen LogP contribution in [0.5, 0.6) is 11.5 Å². The van der Waals surface area contributed by atoms with Crippen LogP contribution in [0.1, 0.15) is 32.6 Å². The second-order valence-electron chi connectivity index (χ2n) is 5.30. The summed E-state index contributed by atoms with van der Waals surface area (Å²) in [6, 6.07) is 8.35. The van der Waals surface area contributed by atoms with Crippen molar-refractivity contribution in [1.29, 1.82) is 0 Å². The predicted molar refractivity (Wildman–Crippen MR) is 84.2 cm³/mol. The Bertz CT molecular complexity index is 374. The molecule has 1 heterocycles. The van der Waals surface area contributed by atoms with Gasteiger partial charge >= 0.3 is 0 Å². The Morgan fingerprint density at radius 2 is 1.76 bits per heavy atom. The van der Waals surface area contributed by atoms with E-state index in [1.165, 1.54) is 19.3 Å². The molecule has 0 saturated carbocycles. The minimum atomic E-state index is 0.589. The van der Waals surface area contributed by atoms with Gasteiger partial charge in [-0.1, -0.05) is 6.42 Å². The molecule has 0 radical (unpaired) electrons. The summed E-state index contributed by atoms with van der Waals surface area (Å²) < 4.78 is 16.7. The van der Waals surface area contributed by atoms with Gasteiger partial charge < -0.3 is 19.5 Å². The van der Waals surface area contributed by atoms with Crippen LogP contribution in [0.3, 0.4) is 0 Å². The van der Waals surface area contributed by atoms with Gasteiger partial charge in [-0.3, -0.25) is 0 Å². The van der Waals surface area contributed by atoms with Gasteiger partial charge in [0.05, 0.1) is 13.2 Å². The molecule has 4 heteroatoms. The van der Waals surface area contributed by atoms with E-state index in [1.807, 2.05) is 31.2 Å². The maximum atomic E-state index is 5.64. The SMILES string of the molecule is CCOc1ccc(OCCOCCC2CCCCN2)cc1. The summed E-state index contributed by atoms with van der Waals surface area (Å²) in [5.41, 5.74) is 0. The molecule has 1 fully saturated rings. The molecule has 0 bridgehead atoms. The molecule has 21 heavy (non-hydrogen) atoms. The molecule has 1 unspecified atom stereocenters. The van der Waals surface area contributed by atoms with E-state index in [4.69, 9.17) is 14.2 Å². The Hall–Kier alpha value is -1.26. The van der Waals surface area contributed by atoms with E-state index in [1.54, 1.807) is 0 Å². The average Bonchev–Trinajstić information content (AvgIpc) is 2.53. The molecule has 0 aromatic heterocycles. The summed E-state index contributed by atoms with van der Waals surface area (Å²) in [4.78, 5) is 0. The Kier molecular flexibility index (Phi) is 7.39. The first-order valence-corrected chi connectivity index (χ1v) is 8.05. The lowest BCUT2D eigenvalue weighted by Crippen LogP contribution is -2.34. The molecule has 1 aliphatic rings. The van der Waals surface area contributed by atoms with Crippen LogP contribution in [0.4, 0.5) is 0 Å². The second kappa shape index (κ2) is 9.64. The average molecular weight is 293 g/mol. The van der Waals surface area contributed by atoms with Crippen LogP contribution >= 0.6 is 0 Å². The van der Waals surface area contributed by atoms with Crippen molar-refractivity contribution in [2.24, 2.45) is 0 Å². The third-order valence-electron chi connectivity index (χ3n) is 3.65. The van der Waals surface area contributed by atoms with Crippen LogP contribution in [0.25, 0.3) is 0 Å². The van der Waals surface area contributed by atoms with Crippen molar-refractivity contribution in [3.63, 3.8) is 0 Å². The lowest BCUT2D eigenvalue weighted by molar-refractivity contribution is 0.0911. The Morgan fingerprint density at radius 1 is 1.00 bits per heavy atom. The summed E-state index contributed by atoms with van der Waals surface area (Å²) in [7, 11) is 0. The van der Waals surface area contributed by atoms with E-state index >= 15 is 0 Å². The highest BCUT2D eigenvalue weighted by Gasteiger charge is 2.11. The molecular weight excluding hydrogens is 266 g/mol. The van der Waals surface area contributed by atoms with Gasteiger partial charge in [0.2, 0.25) is 0 Å². The predicted octanol–water partition coefficient (Wildman–Crippen LogP) is 3.01. The fraction of sp³-hybridized carbons (Fsp3) is 0.647. The summed E-state index contributed by atoms with van der Waals surface area (Å²) >= 11 is 0. The molecule has 0 spiro atoms. The van der Waals surface area contributed by atoms with Crippen molar-refractivity contribution >= 4 is 0 Å². The van der Waals surface area contributed by atoms with Crippen molar-refractivity contribution in [3.8, 4) is 11.5 Å². The topological polar surface area (TPSA) is 39.7 Å². The summed E-state index contributed by atoms with van der Waals surface area (Å²) in [5, 5.41) is 3.53. The van der Waals surface area contributed by atoms with E-state index in [0.29, 0.717) is 25.9 Å². The van der Waals surface area contributed by atoms with Crippen LogP contribution in [0, 0.1) is 0 Å². The molecule has 4 nitrogen and oxygen atoms in total. The van der Waals surface area contributed by atoms with Crippen molar-refractivity contribution in [2.75, 3.05) is 33.0 Å². The minimum Gasteiger partial charge on any atom is -0.494 e.